The maximum absolute atomic E-state index is 6.29. The summed E-state index contributed by atoms with van der Waals surface area (Å²) >= 11 is 9.71. The second kappa shape index (κ2) is 5.19. The first kappa shape index (κ1) is 13.6. The van der Waals surface area contributed by atoms with Crippen molar-refractivity contribution >= 4 is 38.7 Å². The van der Waals surface area contributed by atoms with Crippen LogP contribution in [0.4, 0.5) is 0 Å². The summed E-state index contributed by atoms with van der Waals surface area (Å²) in [6, 6.07) is 10.2. The molecule has 0 N–H and O–H groups in total. The monoisotopic (exact) mass is 349 g/mol. The van der Waals surface area contributed by atoms with Crippen LogP contribution in [0, 0.1) is 6.92 Å². The van der Waals surface area contributed by atoms with Gasteiger partial charge < -0.3 is 0 Å². The summed E-state index contributed by atoms with van der Waals surface area (Å²) in [5, 5.41) is -0.191. The minimum Gasteiger partial charge on any atom is -0.279 e. The number of pyridine rings is 1. The lowest BCUT2D eigenvalue weighted by Gasteiger charge is -2.10. The number of fused-ring (bicyclic) bond motifs is 1. The second-order valence-electron chi connectivity index (χ2n) is 4.76. The zero-order valence-electron chi connectivity index (χ0n) is 11.1. The number of benzene rings is 1. The molecule has 5 heteroatoms. The summed E-state index contributed by atoms with van der Waals surface area (Å²) in [5.41, 5.74) is 3.88. The van der Waals surface area contributed by atoms with Crippen molar-refractivity contribution < 1.29 is 0 Å². The van der Waals surface area contributed by atoms with E-state index >= 15 is 0 Å². The molecule has 3 nitrogen and oxygen atoms in total. The molecule has 1 atom stereocenters. The van der Waals surface area contributed by atoms with E-state index < -0.39 is 0 Å². The van der Waals surface area contributed by atoms with Crippen molar-refractivity contribution in [2.24, 2.45) is 0 Å². The molecule has 0 aliphatic carbocycles. The zero-order chi connectivity index (χ0) is 14.3. The van der Waals surface area contributed by atoms with E-state index in [1.165, 1.54) is 5.56 Å². The van der Waals surface area contributed by atoms with E-state index in [2.05, 4.69) is 45.0 Å². The van der Waals surface area contributed by atoms with Gasteiger partial charge in [0.1, 0.15) is 11.3 Å². The van der Waals surface area contributed by atoms with Gasteiger partial charge in [0.25, 0.3) is 0 Å². The second-order valence-corrected chi connectivity index (χ2v) is 6.33. The van der Waals surface area contributed by atoms with Gasteiger partial charge in [-0.25, -0.2) is 9.97 Å². The van der Waals surface area contributed by atoms with Gasteiger partial charge in [0.2, 0.25) is 0 Å². The van der Waals surface area contributed by atoms with Crippen molar-refractivity contribution in [3.63, 3.8) is 0 Å². The predicted molar refractivity (Wildman–Crippen MR) is 85.6 cm³/mol. The highest BCUT2D eigenvalue weighted by Crippen LogP contribution is 2.28. The molecular formula is C15H13BrClN3. The van der Waals surface area contributed by atoms with Crippen LogP contribution in [-0.4, -0.2) is 14.5 Å². The number of aromatic nitrogens is 3. The highest BCUT2D eigenvalue weighted by atomic mass is 79.9. The molecule has 0 spiro atoms. The lowest BCUT2D eigenvalue weighted by atomic mass is 10.2. The number of hydrogen-bond donors (Lipinski definition) is 0. The SMILES string of the molecule is Cc1cccc(-n2c(C(C)Cl)nc3cc(Br)cnc32)c1. The van der Waals surface area contributed by atoms with Crippen molar-refractivity contribution in [1.29, 1.82) is 0 Å². The maximum Gasteiger partial charge on any atom is 0.164 e. The fraction of sp³-hybridized carbons (Fsp3) is 0.200. The first-order chi connectivity index (χ1) is 9.56. The van der Waals surface area contributed by atoms with Crippen LogP contribution in [0.2, 0.25) is 0 Å². The molecule has 0 amide bonds. The Hall–Kier alpha value is -1.39. The molecule has 20 heavy (non-hydrogen) atoms. The van der Waals surface area contributed by atoms with E-state index in [0.717, 1.165) is 27.1 Å². The number of hydrogen-bond acceptors (Lipinski definition) is 2. The normalized spacial score (nSPS) is 12.8. The molecule has 3 aromatic rings. The van der Waals surface area contributed by atoms with Gasteiger partial charge in [-0.2, -0.15) is 0 Å². The van der Waals surface area contributed by atoms with Gasteiger partial charge in [-0.1, -0.05) is 12.1 Å². The summed E-state index contributed by atoms with van der Waals surface area (Å²) in [5.74, 6) is 0.804. The largest absolute Gasteiger partial charge is 0.279 e. The molecule has 1 unspecified atom stereocenters. The third-order valence-electron chi connectivity index (χ3n) is 3.11. The van der Waals surface area contributed by atoms with E-state index in [9.17, 15) is 0 Å². The van der Waals surface area contributed by atoms with Crippen LogP contribution in [-0.2, 0) is 0 Å². The van der Waals surface area contributed by atoms with Crippen LogP contribution < -0.4 is 0 Å². The molecule has 0 bridgehead atoms. The van der Waals surface area contributed by atoms with E-state index in [1.807, 2.05) is 29.7 Å². The topological polar surface area (TPSA) is 30.7 Å². The Morgan fingerprint density at radius 1 is 1.30 bits per heavy atom. The fourth-order valence-electron chi connectivity index (χ4n) is 2.25. The zero-order valence-corrected chi connectivity index (χ0v) is 13.5. The minimum absolute atomic E-state index is 0.191. The van der Waals surface area contributed by atoms with Gasteiger partial charge in [0, 0.05) is 16.4 Å². The Kier molecular flexibility index (Phi) is 3.52. The summed E-state index contributed by atoms with van der Waals surface area (Å²) in [6.45, 7) is 3.99. The lowest BCUT2D eigenvalue weighted by molar-refractivity contribution is 0.876. The molecule has 0 aliphatic rings. The summed E-state index contributed by atoms with van der Waals surface area (Å²) in [4.78, 5) is 9.10. The highest BCUT2D eigenvalue weighted by Gasteiger charge is 2.17. The molecule has 102 valence electrons. The van der Waals surface area contributed by atoms with Crippen LogP contribution in [0.15, 0.2) is 41.0 Å². The number of alkyl halides is 1. The maximum atomic E-state index is 6.29. The van der Waals surface area contributed by atoms with Crippen LogP contribution in [0.5, 0.6) is 0 Å². The van der Waals surface area contributed by atoms with Gasteiger partial charge in [-0.3, -0.25) is 4.57 Å². The van der Waals surface area contributed by atoms with Gasteiger partial charge in [0.05, 0.1) is 5.38 Å². The van der Waals surface area contributed by atoms with Gasteiger partial charge in [-0.15, -0.1) is 11.6 Å². The molecule has 3 rings (SSSR count). The molecule has 0 saturated heterocycles. The van der Waals surface area contributed by atoms with Crippen molar-refractivity contribution in [1.82, 2.24) is 14.5 Å². The Morgan fingerprint density at radius 2 is 2.10 bits per heavy atom. The average Bonchev–Trinajstić information content (AvgIpc) is 2.77. The van der Waals surface area contributed by atoms with Crippen molar-refractivity contribution in [3.8, 4) is 5.69 Å². The average molecular weight is 351 g/mol. The third kappa shape index (κ3) is 2.34. The quantitative estimate of drug-likeness (QED) is 0.622. The highest BCUT2D eigenvalue weighted by molar-refractivity contribution is 9.10. The number of halogens is 2. The molecule has 1 aromatic carbocycles. The summed E-state index contributed by atoms with van der Waals surface area (Å²) in [6.07, 6.45) is 1.78. The fourth-order valence-corrected chi connectivity index (χ4v) is 2.71. The van der Waals surface area contributed by atoms with E-state index in [4.69, 9.17) is 11.6 Å². The molecule has 2 heterocycles. The standard InChI is InChI=1S/C15H13BrClN3/c1-9-4-3-5-12(6-9)20-14(10(2)17)19-13-7-11(16)8-18-15(13)20/h3-8,10H,1-2H3. The first-order valence-electron chi connectivity index (χ1n) is 6.31. The first-order valence-corrected chi connectivity index (χ1v) is 7.54. The van der Waals surface area contributed by atoms with Crippen molar-refractivity contribution in [3.05, 3.63) is 52.4 Å². The van der Waals surface area contributed by atoms with E-state index in [-0.39, 0.29) is 5.38 Å². The predicted octanol–water partition coefficient (Wildman–Crippen LogP) is 4.79. The number of rotatable bonds is 2. The smallest absolute Gasteiger partial charge is 0.164 e. The molecule has 0 aliphatic heterocycles. The van der Waals surface area contributed by atoms with E-state index in [1.54, 1.807) is 6.20 Å². The molecule has 0 radical (unpaired) electrons. The minimum atomic E-state index is -0.191. The van der Waals surface area contributed by atoms with Crippen LogP contribution >= 0.6 is 27.5 Å². The lowest BCUT2D eigenvalue weighted by Crippen LogP contribution is -2.02. The molecule has 2 aromatic heterocycles. The molecule has 0 fully saturated rings. The van der Waals surface area contributed by atoms with Crippen LogP contribution in [0.25, 0.3) is 16.9 Å². The van der Waals surface area contributed by atoms with Gasteiger partial charge >= 0.3 is 0 Å². The van der Waals surface area contributed by atoms with Gasteiger partial charge in [-0.05, 0) is 53.5 Å². The number of aryl methyl sites for hydroxylation is 1. The number of nitrogens with zero attached hydrogens (tertiary/aromatic N) is 3. The van der Waals surface area contributed by atoms with Gasteiger partial charge in [0.15, 0.2) is 5.65 Å². The Morgan fingerprint density at radius 3 is 2.80 bits per heavy atom. The van der Waals surface area contributed by atoms with E-state index in [0.29, 0.717) is 0 Å². The van der Waals surface area contributed by atoms with Crippen LogP contribution in [0.3, 0.4) is 0 Å². The molecule has 0 saturated carbocycles. The van der Waals surface area contributed by atoms with Crippen molar-refractivity contribution in [2.75, 3.05) is 0 Å². The van der Waals surface area contributed by atoms with Crippen LogP contribution in [0.1, 0.15) is 23.7 Å². The molecular weight excluding hydrogens is 338 g/mol. The Labute approximate surface area is 130 Å². The van der Waals surface area contributed by atoms with Crippen molar-refractivity contribution in [2.45, 2.75) is 19.2 Å². The number of imidazole rings is 1. The summed E-state index contributed by atoms with van der Waals surface area (Å²) < 4.78 is 2.93. The Bertz CT molecular complexity index is 780. The Balaban J connectivity index is 2.34. The third-order valence-corrected chi connectivity index (χ3v) is 3.73. The summed E-state index contributed by atoms with van der Waals surface area (Å²) in [7, 11) is 0.